The fourth-order valence-corrected chi connectivity index (χ4v) is 3.65. The summed E-state index contributed by atoms with van der Waals surface area (Å²) in [6.45, 7) is 8.12. The minimum Gasteiger partial charge on any atom is -0.378 e. The summed E-state index contributed by atoms with van der Waals surface area (Å²) in [7, 11) is 0. The summed E-state index contributed by atoms with van der Waals surface area (Å²) in [6, 6.07) is 10.5. The van der Waals surface area contributed by atoms with Crippen LogP contribution in [0.25, 0.3) is 5.69 Å². The van der Waals surface area contributed by atoms with Crippen LogP contribution in [0.2, 0.25) is 0 Å². The molecule has 0 fully saturated rings. The number of hydrogen-bond acceptors (Lipinski definition) is 4. The first-order valence-corrected chi connectivity index (χ1v) is 9.93. The van der Waals surface area contributed by atoms with E-state index in [0.29, 0.717) is 12.2 Å². The zero-order valence-corrected chi connectivity index (χ0v) is 17.3. The van der Waals surface area contributed by atoms with Gasteiger partial charge in [0.1, 0.15) is 11.4 Å². The van der Waals surface area contributed by atoms with Crippen LogP contribution in [0.4, 0.5) is 4.39 Å². The van der Waals surface area contributed by atoms with Crippen molar-refractivity contribution in [3.05, 3.63) is 69.4 Å². The first kappa shape index (κ1) is 20.3. The molecule has 0 saturated heterocycles. The van der Waals surface area contributed by atoms with Crippen molar-refractivity contribution in [2.24, 2.45) is 0 Å². The largest absolute Gasteiger partial charge is 0.378 e. The number of nitrogens with one attached hydrogen (secondary N) is 1. The van der Waals surface area contributed by atoms with Crippen molar-refractivity contribution in [1.29, 1.82) is 0 Å². The SMILES string of the molecule is Cc1c([C@@H](C)NCc2ccc(C#CC(C)(C)O)s2)cnn1-c1cccc(F)c1. The normalized spacial score (nSPS) is 12.5. The predicted molar refractivity (Wildman–Crippen MR) is 111 cm³/mol. The second-order valence-electron chi connectivity index (χ2n) is 7.25. The Morgan fingerprint density at radius 1 is 1.32 bits per heavy atom. The molecule has 0 aliphatic rings. The second-order valence-corrected chi connectivity index (χ2v) is 8.42. The summed E-state index contributed by atoms with van der Waals surface area (Å²) < 4.78 is 15.3. The van der Waals surface area contributed by atoms with E-state index in [4.69, 9.17) is 0 Å². The van der Waals surface area contributed by atoms with E-state index in [2.05, 4.69) is 29.2 Å². The lowest BCUT2D eigenvalue weighted by molar-refractivity contribution is 0.143. The highest BCUT2D eigenvalue weighted by Crippen LogP contribution is 2.22. The lowest BCUT2D eigenvalue weighted by Crippen LogP contribution is -2.18. The zero-order valence-electron chi connectivity index (χ0n) is 16.5. The molecule has 2 aromatic heterocycles. The monoisotopic (exact) mass is 397 g/mol. The smallest absolute Gasteiger partial charge is 0.125 e. The van der Waals surface area contributed by atoms with Crippen molar-refractivity contribution >= 4 is 11.3 Å². The Kier molecular flexibility index (Phi) is 5.99. The number of benzene rings is 1. The van der Waals surface area contributed by atoms with E-state index in [9.17, 15) is 9.50 Å². The summed E-state index contributed by atoms with van der Waals surface area (Å²) in [4.78, 5) is 2.10. The minimum atomic E-state index is -0.990. The summed E-state index contributed by atoms with van der Waals surface area (Å²) in [5.41, 5.74) is 1.77. The van der Waals surface area contributed by atoms with Gasteiger partial charge in [0.15, 0.2) is 0 Å². The van der Waals surface area contributed by atoms with Gasteiger partial charge in [-0.1, -0.05) is 17.9 Å². The van der Waals surface area contributed by atoms with Gasteiger partial charge in [0, 0.05) is 28.7 Å². The minimum absolute atomic E-state index is 0.0929. The predicted octanol–water partition coefficient (Wildman–Crippen LogP) is 4.35. The van der Waals surface area contributed by atoms with E-state index in [1.54, 1.807) is 35.9 Å². The third kappa shape index (κ3) is 5.08. The molecule has 28 heavy (non-hydrogen) atoms. The molecule has 0 unspecified atom stereocenters. The Balaban J connectivity index is 1.67. The highest BCUT2D eigenvalue weighted by atomic mass is 32.1. The summed E-state index contributed by atoms with van der Waals surface area (Å²) in [6.07, 6.45) is 1.83. The third-order valence-electron chi connectivity index (χ3n) is 4.30. The zero-order chi connectivity index (χ0) is 20.3. The van der Waals surface area contributed by atoms with Crippen LogP contribution in [-0.2, 0) is 6.54 Å². The van der Waals surface area contributed by atoms with E-state index < -0.39 is 5.60 Å². The molecule has 0 amide bonds. The van der Waals surface area contributed by atoms with Gasteiger partial charge in [-0.2, -0.15) is 5.10 Å². The van der Waals surface area contributed by atoms with E-state index >= 15 is 0 Å². The Morgan fingerprint density at radius 2 is 2.11 bits per heavy atom. The molecule has 0 aliphatic heterocycles. The van der Waals surface area contributed by atoms with E-state index in [0.717, 1.165) is 16.1 Å². The highest BCUT2D eigenvalue weighted by Gasteiger charge is 2.15. The van der Waals surface area contributed by atoms with E-state index in [1.165, 1.54) is 17.0 Å². The van der Waals surface area contributed by atoms with Gasteiger partial charge >= 0.3 is 0 Å². The second kappa shape index (κ2) is 8.27. The fourth-order valence-electron chi connectivity index (χ4n) is 2.83. The number of halogens is 1. The van der Waals surface area contributed by atoms with Gasteiger partial charge in [-0.25, -0.2) is 9.07 Å². The summed E-state index contributed by atoms with van der Waals surface area (Å²) in [5.74, 6) is 5.56. The van der Waals surface area contributed by atoms with Crippen molar-refractivity contribution in [2.75, 3.05) is 0 Å². The Labute approximate surface area is 169 Å². The van der Waals surface area contributed by atoms with Gasteiger partial charge in [0.2, 0.25) is 0 Å². The molecule has 0 saturated carbocycles. The molecule has 6 heteroatoms. The molecule has 0 spiro atoms. The van der Waals surface area contributed by atoms with Gasteiger partial charge < -0.3 is 10.4 Å². The molecular formula is C22H24FN3OS. The molecule has 0 bridgehead atoms. The van der Waals surface area contributed by atoms with Gasteiger partial charge in [0.25, 0.3) is 0 Å². The standard InChI is InChI=1S/C22H24FN3OS/c1-15(24-13-20-9-8-19(28-20)10-11-22(3,4)27)21-14-25-26(16(21)2)18-7-5-6-17(23)12-18/h5-9,12,14-15,24,27H,13H2,1-4H3/t15-/m1/s1. The number of hydrogen-bond donors (Lipinski definition) is 2. The molecule has 0 radical (unpaired) electrons. The highest BCUT2D eigenvalue weighted by molar-refractivity contribution is 7.12. The number of rotatable bonds is 5. The quantitative estimate of drug-likeness (QED) is 0.629. The van der Waals surface area contributed by atoms with Crippen LogP contribution >= 0.6 is 11.3 Å². The van der Waals surface area contributed by atoms with Crippen LogP contribution in [-0.4, -0.2) is 20.5 Å². The Bertz CT molecular complexity index is 1020. The van der Waals surface area contributed by atoms with Gasteiger partial charge in [-0.3, -0.25) is 0 Å². The summed E-state index contributed by atoms with van der Waals surface area (Å²) in [5, 5.41) is 17.6. The van der Waals surface area contributed by atoms with E-state index in [1.807, 2.05) is 31.3 Å². The Hall–Kier alpha value is -2.46. The lowest BCUT2D eigenvalue weighted by atomic mass is 10.1. The fraction of sp³-hybridized carbons (Fsp3) is 0.318. The molecule has 146 valence electrons. The lowest BCUT2D eigenvalue weighted by Gasteiger charge is -2.13. The molecule has 2 N–H and O–H groups in total. The van der Waals surface area contributed by atoms with Crippen molar-refractivity contribution in [3.8, 4) is 17.5 Å². The van der Waals surface area contributed by atoms with Crippen molar-refractivity contribution in [2.45, 2.75) is 45.9 Å². The number of aliphatic hydroxyl groups is 1. The third-order valence-corrected chi connectivity index (χ3v) is 5.30. The van der Waals surface area contributed by atoms with Gasteiger partial charge in [-0.05, 0) is 58.0 Å². The van der Waals surface area contributed by atoms with E-state index in [-0.39, 0.29) is 11.9 Å². The maximum Gasteiger partial charge on any atom is 0.125 e. The maximum absolute atomic E-state index is 13.5. The van der Waals surface area contributed by atoms with Gasteiger partial charge in [-0.15, -0.1) is 11.3 Å². The molecule has 0 aliphatic carbocycles. The van der Waals surface area contributed by atoms with Crippen LogP contribution in [0.5, 0.6) is 0 Å². The molecule has 1 aromatic carbocycles. The van der Waals surface area contributed by atoms with Crippen molar-refractivity contribution in [3.63, 3.8) is 0 Å². The molecule has 1 atom stereocenters. The first-order chi connectivity index (χ1) is 13.2. The first-order valence-electron chi connectivity index (χ1n) is 9.11. The molecule has 4 nitrogen and oxygen atoms in total. The average Bonchev–Trinajstić information content (AvgIpc) is 3.24. The molecule has 2 heterocycles. The topological polar surface area (TPSA) is 50.1 Å². The van der Waals surface area contributed by atoms with Crippen LogP contribution in [0.3, 0.4) is 0 Å². The number of aromatic nitrogens is 2. The summed E-state index contributed by atoms with van der Waals surface area (Å²) >= 11 is 1.61. The molecule has 3 aromatic rings. The Morgan fingerprint density at radius 3 is 2.82 bits per heavy atom. The van der Waals surface area contributed by atoms with Crippen LogP contribution in [0, 0.1) is 24.6 Å². The molecular weight excluding hydrogens is 373 g/mol. The van der Waals surface area contributed by atoms with Crippen LogP contribution < -0.4 is 5.32 Å². The van der Waals surface area contributed by atoms with Crippen molar-refractivity contribution < 1.29 is 9.50 Å². The van der Waals surface area contributed by atoms with Gasteiger partial charge in [0.05, 0.1) is 16.8 Å². The maximum atomic E-state index is 13.5. The average molecular weight is 398 g/mol. The van der Waals surface area contributed by atoms with Crippen LogP contribution in [0.1, 0.15) is 47.8 Å². The van der Waals surface area contributed by atoms with Crippen LogP contribution in [0.15, 0.2) is 42.6 Å². The number of thiophene rings is 1. The molecule has 3 rings (SSSR count). The van der Waals surface area contributed by atoms with Crippen molar-refractivity contribution in [1.82, 2.24) is 15.1 Å². The number of nitrogens with zero attached hydrogens (tertiary/aromatic N) is 2.